The summed E-state index contributed by atoms with van der Waals surface area (Å²) in [5.74, 6) is 2.20. The van der Waals surface area contributed by atoms with Crippen LogP contribution in [0, 0.1) is 5.92 Å². The van der Waals surface area contributed by atoms with E-state index in [0.29, 0.717) is 18.4 Å². The Morgan fingerprint density at radius 3 is 2.72 bits per heavy atom. The predicted molar refractivity (Wildman–Crippen MR) is 71.0 cm³/mol. The number of aromatic nitrogens is 3. The average molecular weight is 251 g/mol. The summed E-state index contributed by atoms with van der Waals surface area (Å²) < 4.78 is 0. The van der Waals surface area contributed by atoms with Crippen LogP contribution in [0.4, 0.5) is 11.9 Å². The Balaban J connectivity index is 2.05. The molecule has 0 amide bonds. The fraction of sp³-hybridized carbons (Fsp3) is 0.727. The third kappa shape index (κ3) is 3.05. The Hall–Kier alpha value is -1.47. The van der Waals surface area contributed by atoms with Gasteiger partial charge in [-0.1, -0.05) is 0 Å². The molecule has 0 aliphatic carbocycles. The van der Waals surface area contributed by atoms with Gasteiger partial charge in [-0.15, -0.1) is 0 Å². The molecule has 1 fully saturated rings. The molecule has 0 bridgehead atoms. The van der Waals surface area contributed by atoms with Crippen LogP contribution in [0.25, 0.3) is 0 Å². The molecule has 0 saturated carbocycles. The van der Waals surface area contributed by atoms with E-state index < -0.39 is 0 Å². The molecule has 4 N–H and O–H groups in total. The number of hydrogen-bond donors (Lipinski definition) is 2. The van der Waals surface area contributed by atoms with Crippen LogP contribution in [0.3, 0.4) is 0 Å². The van der Waals surface area contributed by atoms with Crippen molar-refractivity contribution in [3.63, 3.8) is 0 Å². The highest BCUT2D eigenvalue weighted by Gasteiger charge is 2.22. The molecule has 7 nitrogen and oxygen atoms in total. The Morgan fingerprint density at radius 2 is 2.11 bits per heavy atom. The number of hydrogen-bond acceptors (Lipinski definition) is 7. The van der Waals surface area contributed by atoms with Crippen molar-refractivity contribution in [1.82, 2.24) is 19.9 Å². The number of nitrogens with two attached hydrogens (primary N) is 2. The molecule has 1 unspecified atom stereocenters. The molecule has 1 aromatic rings. The molecular weight excluding hydrogens is 230 g/mol. The first-order valence-electron chi connectivity index (χ1n) is 6.18. The maximum absolute atomic E-state index is 5.70. The summed E-state index contributed by atoms with van der Waals surface area (Å²) in [6.45, 7) is 3.52. The summed E-state index contributed by atoms with van der Waals surface area (Å²) in [5.41, 5.74) is 11.4. The van der Waals surface area contributed by atoms with Gasteiger partial charge in [0.15, 0.2) is 0 Å². The number of nitrogens with zero attached hydrogens (tertiary/aromatic N) is 5. The molecule has 7 heteroatoms. The molecule has 2 rings (SSSR count). The Bertz CT molecular complexity index is 406. The second-order valence-corrected chi connectivity index (χ2v) is 4.93. The molecule has 18 heavy (non-hydrogen) atoms. The van der Waals surface area contributed by atoms with Crippen molar-refractivity contribution in [3.05, 3.63) is 5.82 Å². The molecule has 0 radical (unpaired) electrons. The zero-order valence-corrected chi connectivity index (χ0v) is 11.0. The van der Waals surface area contributed by atoms with Gasteiger partial charge in [-0.2, -0.15) is 15.0 Å². The molecule has 0 spiro atoms. The standard InChI is InChI=1S/C11H21N7/c1-17(2)11-15-9(14-10(13)16-11)7-18-4-3-8(5-12)6-18/h8H,3-7,12H2,1-2H3,(H2,13,14,15,16). The highest BCUT2D eigenvalue weighted by atomic mass is 15.3. The summed E-state index contributed by atoms with van der Waals surface area (Å²) in [7, 11) is 3.78. The van der Waals surface area contributed by atoms with Crippen molar-refractivity contribution in [2.24, 2.45) is 11.7 Å². The normalized spacial score (nSPS) is 20.3. The van der Waals surface area contributed by atoms with Gasteiger partial charge in [0.2, 0.25) is 11.9 Å². The smallest absolute Gasteiger partial charge is 0.229 e. The molecule has 1 aromatic heterocycles. The highest BCUT2D eigenvalue weighted by molar-refractivity contribution is 5.32. The van der Waals surface area contributed by atoms with E-state index in [1.807, 2.05) is 19.0 Å². The lowest BCUT2D eigenvalue weighted by Crippen LogP contribution is -2.25. The van der Waals surface area contributed by atoms with Crippen molar-refractivity contribution in [3.8, 4) is 0 Å². The van der Waals surface area contributed by atoms with Crippen molar-refractivity contribution in [2.45, 2.75) is 13.0 Å². The summed E-state index contributed by atoms with van der Waals surface area (Å²) in [6.07, 6.45) is 1.15. The third-order valence-electron chi connectivity index (χ3n) is 3.16. The topological polar surface area (TPSA) is 97.2 Å². The molecule has 1 aliphatic rings. The maximum Gasteiger partial charge on any atom is 0.229 e. The SMILES string of the molecule is CN(C)c1nc(N)nc(CN2CCC(CN)C2)n1. The second-order valence-electron chi connectivity index (χ2n) is 4.93. The van der Waals surface area contributed by atoms with E-state index >= 15 is 0 Å². The summed E-state index contributed by atoms with van der Waals surface area (Å²) in [4.78, 5) is 16.8. The van der Waals surface area contributed by atoms with Gasteiger partial charge in [0.05, 0.1) is 6.54 Å². The van der Waals surface area contributed by atoms with E-state index in [1.165, 1.54) is 0 Å². The molecule has 100 valence electrons. The van der Waals surface area contributed by atoms with Crippen LogP contribution in [0.15, 0.2) is 0 Å². The van der Waals surface area contributed by atoms with Crippen LogP contribution in [0.2, 0.25) is 0 Å². The molecule has 2 heterocycles. The zero-order chi connectivity index (χ0) is 13.1. The lowest BCUT2D eigenvalue weighted by atomic mass is 10.1. The Labute approximate surface area is 107 Å². The summed E-state index contributed by atoms with van der Waals surface area (Å²) in [6, 6.07) is 0. The third-order valence-corrected chi connectivity index (χ3v) is 3.16. The van der Waals surface area contributed by atoms with Crippen LogP contribution in [-0.4, -0.2) is 53.6 Å². The monoisotopic (exact) mass is 251 g/mol. The number of anilines is 2. The van der Waals surface area contributed by atoms with Gasteiger partial charge in [0.1, 0.15) is 5.82 Å². The van der Waals surface area contributed by atoms with E-state index in [4.69, 9.17) is 11.5 Å². The van der Waals surface area contributed by atoms with Crippen LogP contribution < -0.4 is 16.4 Å². The van der Waals surface area contributed by atoms with Gasteiger partial charge in [-0.05, 0) is 25.4 Å². The van der Waals surface area contributed by atoms with Gasteiger partial charge >= 0.3 is 0 Å². The largest absolute Gasteiger partial charge is 0.368 e. The van der Waals surface area contributed by atoms with Crippen molar-refractivity contribution in [2.75, 3.05) is 44.4 Å². The first-order chi connectivity index (χ1) is 8.58. The van der Waals surface area contributed by atoms with Crippen LogP contribution >= 0.6 is 0 Å². The quantitative estimate of drug-likeness (QED) is 0.730. The number of nitrogen functional groups attached to an aromatic ring is 1. The number of rotatable bonds is 4. The maximum atomic E-state index is 5.70. The molecule has 1 saturated heterocycles. The first-order valence-corrected chi connectivity index (χ1v) is 6.18. The fourth-order valence-corrected chi connectivity index (χ4v) is 2.14. The van der Waals surface area contributed by atoms with Crippen LogP contribution in [0.1, 0.15) is 12.2 Å². The van der Waals surface area contributed by atoms with Crippen molar-refractivity contribution < 1.29 is 0 Å². The second kappa shape index (κ2) is 5.45. The van der Waals surface area contributed by atoms with Crippen molar-refractivity contribution in [1.29, 1.82) is 0 Å². The average Bonchev–Trinajstić information content (AvgIpc) is 2.76. The lowest BCUT2D eigenvalue weighted by molar-refractivity contribution is 0.309. The Morgan fingerprint density at radius 1 is 1.33 bits per heavy atom. The molecule has 1 atom stereocenters. The Kier molecular flexibility index (Phi) is 3.93. The molecule has 0 aromatic carbocycles. The van der Waals surface area contributed by atoms with E-state index in [0.717, 1.165) is 31.9 Å². The van der Waals surface area contributed by atoms with Gasteiger partial charge < -0.3 is 16.4 Å². The zero-order valence-electron chi connectivity index (χ0n) is 11.0. The summed E-state index contributed by atoms with van der Waals surface area (Å²) >= 11 is 0. The van der Waals surface area contributed by atoms with Crippen LogP contribution in [0.5, 0.6) is 0 Å². The highest BCUT2D eigenvalue weighted by Crippen LogP contribution is 2.17. The minimum Gasteiger partial charge on any atom is -0.368 e. The van der Waals surface area contributed by atoms with E-state index in [2.05, 4.69) is 19.9 Å². The fourth-order valence-electron chi connectivity index (χ4n) is 2.14. The van der Waals surface area contributed by atoms with Crippen molar-refractivity contribution >= 4 is 11.9 Å². The predicted octanol–water partition coefficient (Wildman–Crippen LogP) is -0.700. The van der Waals surface area contributed by atoms with Gasteiger partial charge in [-0.3, -0.25) is 4.90 Å². The van der Waals surface area contributed by atoms with Gasteiger partial charge in [0.25, 0.3) is 0 Å². The molecule has 1 aliphatic heterocycles. The minimum absolute atomic E-state index is 0.276. The first kappa shape index (κ1) is 13.0. The van der Waals surface area contributed by atoms with E-state index in [9.17, 15) is 0 Å². The number of likely N-dealkylation sites (tertiary alicyclic amines) is 1. The van der Waals surface area contributed by atoms with E-state index in [1.54, 1.807) is 0 Å². The summed E-state index contributed by atoms with van der Waals surface area (Å²) in [5, 5.41) is 0. The van der Waals surface area contributed by atoms with Gasteiger partial charge in [0, 0.05) is 20.6 Å². The lowest BCUT2D eigenvalue weighted by Gasteiger charge is -2.16. The van der Waals surface area contributed by atoms with E-state index in [-0.39, 0.29) is 5.95 Å². The van der Waals surface area contributed by atoms with Gasteiger partial charge in [-0.25, -0.2) is 0 Å². The minimum atomic E-state index is 0.276. The van der Waals surface area contributed by atoms with Crippen LogP contribution in [-0.2, 0) is 6.54 Å². The molecular formula is C11H21N7.